The van der Waals surface area contributed by atoms with E-state index in [9.17, 15) is 4.79 Å². The number of rotatable bonds is 5. The highest BCUT2D eigenvalue weighted by Gasteiger charge is 2.18. The summed E-state index contributed by atoms with van der Waals surface area (Å²) in [5.74, 6) is -0.0691. The minimum Gasteiger partial charge on any atom is -0.379 e. The van der Waals surface area contributed by atoms with E-state index in [0.717, 1.165) is 55.0 Å². The first kappa shape index (κ1) is 20.2. The highest BCUT2D eigenvalue weighted by molar-refractivity contribution is 6.33. The maximum atomic E-state index is 12.4. The first-order chi connectivity index (χ1) is 14.2. The number of nitrogens with zero attached hydrogens (tertiary/aromatic N) is 1. The Kier molecular flexibility index (Phi) is 6.67. The number of anilines is 1. The molecule has 1 saturated carbocycles. The number of fused-ring (bicyclic) bond motifs is 1. The van der Waals surface area contributed by atoms with Gasteiger partial charge in [-0.15, -0.1) is 0 Å². The number of hydrogen-bond donors (Lipinski definition) is 3. The molecule has 6 heteroatoms. The van der Waals surface area contributed by atoms with E-state index in [1.165, 1.54) is 30.4 Å². The zero-order valence-corrected chi connectivity index (χ0v) is 17.5. The van der Waals surface area contributed by atoms with Gasteiger partial charge in [-0.25, -0.2) is 0 Å². The lowest BCUT2D eigenvalue weighted by Gasteiger charge is -2.22. The molecule has 0 spiro atoms. The predicted octanol–water partition coefficient (Wildman–Crippen LogP) is 4.10. The molecule has 1 fully saturated rings. The molecule has 3 N–H and O–H groups in total. The Bertz CT molecular complexity index is 847. The van der Waals surface area contributed by atoms with Crippen LogP contribution in [0.25, 0.3) is 0 Å². The molecule has 0 bridgehead atoms. The molecule has 1 aromatic heterocycles. The van der Waals surface area contributed by atoms with Crippen molar-refractivity contribution in [2.24, 2.45) is 0 Å². The standard InChI is InChI=1S/C23H29ClN4O/c24-20-8-7-17-10-12-25-13-11-19(17)22(20)27-15-16-6-9-21(26-14-16)23(29)28-18-4-2-1-3-5-18/h6-9,14,18,25,27H,1-5,10-13,15H2,(H,28,29). The van der Waals surface area contributed by atoms with E-state index in [0.29, 0.717) is 18.3 Å². The predicted molar refractivity (Wildman–Crippen MR) is 118 cm³/mol. The fraction of sp³-hybridized carbons (Fsp3) is 0.478. The molecule has 1 aliphatic carbocycles. The molecule has 29 heavy (non-hydrogen) atoms. The maximum Gasteiger partial charge on any atom is 0.270 e. The second-order valence-electron chi connectivity index (χ2n) is 8.02. The largest absolute Gasteiger partial charge is 0.379 e. The number of halogens is 1. The Labute approximate surface area is 177 Å². The van der Waals surface area contributed by atoms with Crippen molar-refractivity contribution in [3.05, 3.63) is 57.9 Å². The third-order valence-corrected chi connectivity index (χ3v) is 6.26. The average molecular weight is 413 g/mol. The van der Waals surface area contributed by atoms with E-state index in [1.807, 2.05) is 18.2 Å². The van der Waals surface area contributed by atoms with Crippen LogP contribution in [-0.2, 0) is 19.4 Å². The molecule has 0 atom stereocenters. The normalized spacial score (nSPS) is 17.3. The van der Waals surface area contributed by atoms with Crippen LogP contribution in [-0.4, -0.2) is 30.0 Å². The minimum atomic E-state index is -0.0691. The summed E-state index contributed by atoms with van der Waals surface area (Å²) < 4.78 is 0. The molecule has 1 aromatic carbocycles. The van der Waals surface area contributed by atoms with Crippen LogP contribution in [0, 0.1) is 0 Å². The second-order valence-corrected chi connectivity index (χ2v) is 8.43. The highest BCUT2D eigenvalue weighted by Crippen LogP contribution is 2.31. The molecule has 4 rings (SSSR count). The van der Waals surface area contributed by atoms with E-state index >= 15 is 0 Å². The number of carbonyl (C=O) groups is 1. The third-order valence-electron chi connectivity index (χ3n) is 5.95. The fourth-order valence-corrected chi connectivity index (χ4v) is 4.54. The molecular formula is C23H29ClN4O. The van der Waals surface area contributed by atoms with Gasteiger partial charge in [0.2, 0.25) is 0 Å². The van der Waals surface area contributed by atoms with Gasteiger partial charge in [0.25, 0.3) is 5.91 Å². The lowest BCUT2D eigenvalue weighted by atomic mass is 9.95. The van der Waals surface area contributed by atoms with Crippen molar-refractivity contribution in [3.63, 3.8) is 0 Å². The van der Waals surface area contributed by atoms with Crippen LogP contribution in [0.5, 0.6) is 0 Å². The second kappa shape index (κ2) is 9.59. The molecular weight excluding hydrogens is 384 g/mol. The van der Waals surface area contributed by atoms with E-state index in [1.54, 1.807) is 6.20 Å². The van der Waals surface area contributed by atoms with Gasteiger partial charge in [-0.3, -0.25) is 9.78 Å². The summed E-state index contributed by atoms with van der Waals surface area (Å²) in [5, 5.41) is 10.8. The molecule has 0 saturated heterocycles. The van der Waals surface area contributed by atoms with Gasteiger partial charge in [0.15, 0.2) is 0 Å². The van der Waals surface area contributed by atoms with Gasteiger partial charge in [0.05, 0.1) is 10.7 Å². The van der Waals surface area contributed by atoms with E-state index in [4.69, 9.17) is 11.6 Å². The number of nitrogens with one attached hydrogen (secondary N) is 3. The number of amides is 1. The molecule has 0 unspecified atom stereocenters. The summed E-state index contributed by atoms with van der Waals surface area (Å²) in [6.07, 6.45) is 9.59. The van der Waals surface area contributed by atoms with Gasteiger partial charge < -0.3 is 16.0 Å². The zero-order chi connectivity index (χ0) is 20.1. The summed E-state index contributed by atoms with van der Waals surface area (Å²) >= 11 is 6.49. The van der Waals surface area contributed by atoms with Gasteiger partial charge in [-0.05, 0) is 67.6 Å². The first-order valence-electron chi connectivity index (χ1n) is 10.7. The zero-order valence-electron chi connectivity index (χ0n) is 16.8. The topological polar surface area (TPSA) is 66.1 Å². The Morgan fingerprint density at radius 2 is 1.93 bits per heavy atom. The van der Waals surface area contributed by atoms with E-state index < -0.39 is 0 Å². The van der Waals surface area contributed by atoms with Crippen molar-refractivity contribution in [2.45, 2.75) is 57.5 Å². The van der Waals surface area contributed by atoms with Crippen LogP contribution in [0.15, 0.2) is 30.5 Å². The van der Waals surface area contributed by atoms with Crippen molar-refractivity contribution >= 4 is 23.2 Å². The summed E-state index contributed by atoms with van der Waals surface area (Å²) in [4.78, 5) is 16.8. The van der Waals surface area contributed by atoms with E-state index in [2.05, 4.69) is 27.0 Å². The average Bonchev–Trinajstić information content (AvgIpc) is 3.00. The van der Waals surface area contributed by atoms with Crippen molar-refractivity contribution in [1.82, 2.24) is 15.6 Å². The Morgan fingerprint density at radius 1 is 1.10 bits per heavy atom. The Hall–Kier alpha value is -2.11. The molecule has 1 amide bonds. The first-order valence-corrected chi connectivity index (χ1v) is 11.1. The van der Waals surface area contributed by atoms with E-state index in [-0.39, 0.29) is 5.91 Å². The summed E-state index contributed by atoms with van der Waals surface area (Å²) in [6.45, 7) is 2.60. The van der Waals surface area contributed by atoms with Crippen LogP contribution in [0.2, 0.25) is 5.02 Å². The Morgan fingerprint density at radius 3 is 2.72 bits per heavy atom. The lowest BCUT2D eigenvalue weighted by Crippen LogP contribution is -2.36. The molecule has 2 aromatic rings. The number of pyridine rings is 1. The molecule has 2 heterocycles. The minimum absolute atomic E-state index is 0.0691. The maximum absolute atomic E-state index is 12.4. The summed E-state index contributed by atoms with van der Waals surface area (Å²) in [6, 6.07) is 8.19. The van der Waals surface area contributed by atoms with Gasteiger partial charge >= 0.3 is 0 Å². The van der Waals surface area contributed by atoms with Gasteiger partial charge in [-0.2, -0.15) is 0 Å². The number of benzene rings is 1. The lowest BCUT2D eigenvalue weighted by molar-refractivity contribution is 0.0922. The smallest absolute Gasteiger partial charge is 0.270 e. The van der Waals surface area contributed by atoms with Crippen molar-refractivity contribution in [3.8, 4) is 0 Å². The van der Waals surface area contributed by atoms with Crippen LogP contribution in [0.3, 0.4) is 0 Å². The van der Waals surface area contributed by atoms with Crippen LogP contribution >= 0.6 is 11.6 Å². The molecule has 0 radical (unpaired) electrons. The Balaban J connectivity index is 1.39. The molecule has 2 aliphatic rings. The van der Waals surface area contributed by atoms with Gasteiger partial charge in [-0.1, -0.05) is 43.0 Å². The van der Waals surface area contributed by atoms with Gasteiger partial charge in [0, 0.05) is 18.8 Å². The number of hydrogen-bond acceptors (Lipinski definition) is 4. The summed E-state index contributed by atoms with van der Waals surface area (Å²) in [5.41, 5.74) is 5.19. The number of aromatic nitrogens is 1. The van der Waals surface area contributed by atoms with Gasteiger partial charge in [0.1, 0.15) is 5.69 Å². The van der Waals surface area contributed by atoms with Crippen molar-refractivity contribution in [1.29, 1.82) is 0 Å². The quantitative estimate of drug-likeness (QED) is 0.691. The molecule has 154 valence electrons. The highest BCUT2D eigenvalue weighted by atomic mass is 35.5. The fourth-order valence-electron chi connectivity index (χ4n) is 4.29. The number of carbonyl (C=O) groups excluding carboxylic acids is 1. The monoisotopic (exact) mass is 412 g/mol. The van der Waals surface area contributed by atoms with Crippen LogP contribution in [0.1, 0.15) is 59.3 Å². The van der Waals surface area contributed by atoms with Crippen LogP contribution in [0.4, 0.5) is 5.69 Å². The third kappa shape index (κ3) is 5.09. The molecule has 5 nitrogen and oxygen atoms in total. The van der Waals surface area contributed by atoms with Crippen molar-refractivity contribution < 1.29 is 4.79 Å². The molecule has 1 aliphatic heterocycles. The van der Waals surface area contributed by atoms with Crippen molar-refractivity contribution in [2.75, 3.05) is 18.4 Å². The van der Waals surface area contributed by atoms with Crippen LogP contribution < -0.4 is 16.0 Å². The SMILES string of the molecule is O=C(NC1CCCCC1)c1ccc(CNc2c(Cl)ccc3c2CCNCC3)cn1. The summed E-state index contributed by atoms with van der Waals surface area (Å²) in [7, 11) is 0.